The Morgan fingerprint density at radius 1 is 0.533 bits per heavy atom. The van der Waals surface area contributed by atoms with Gasteiger partial charge in [-0.1, -0.05) is 0 Å². The van der Waals surface area contributed by atoms with Crippen LogP contribution in [0.25, 0.3) is 0 Å². The second kappa shape index (κ2) is 10.3. The number of hydrogen-bond acceptors (Lipinski definition) is 1. The molecule has 4 aromatic rings. The fourth-order valence-corrected chi connectivity index (χ4v) is 4.07. The molecule has 0 aromatic heterocycles. The van der Waals surface area contributed by atoms with Gasteiger partial charge in [-0.3, -0.25) is 0 Å². The van der Waals surface area contributed by atoms with E-state index in [1.165, 1.54) is 33.4 Å². The molecule has 0 heterocycles. The Hall–Kier alpha value is -2.79. The normalized spacial score (nSPS) is 10.7. The number of rotatable bonds is 8. The number of benzene rings is 4. The van der Waals surface area contributed by atoms with Gasteiger partial charge in [0.05, 0.1) is 0 Å². The van der Waals surface area contributed by atoms with E-state index in [0.29, 0.717) is 6.61 Å². The Kier molecular flexibility index (Phi) is 7.04. The summed E-state index contributed by atoms with van der Waals surface area (Å²) >= 11 is 3.18. The third kappa shape index (κ3) is 5.22. The van der Waals surface area contributed by atoms with Gasteiger partial charge >= 0.3 is 188 Å². The van der Waals surface area contributed by atoms with E-state index in [4.69, 9.17) is 4.74 Å². The van der Waals surface area contributed by atoms with Crippen molar-refractivity contribution in [3.05, 3.63) is 137 Å². The Morgan fingerprint density at radius 3 is 1.60 bits per heavy atom. The van der Waals surface area contributed by atoms with Gasteiger partial charge in [-0.15, -0.1) is 0 Å². The van der Waals surface area contributed by atoms with Gasteiger partial charge in [0.1, 0.15) is 0 Å². The molecule has 0 aliphatic carbocycles. The van der Waals surface area contributed by atoms with Crippen LogP contribution in [0.1, 0.15) is 33.4 Å². The maximum absolute atomic E-state index is 6.48. The molecule has 0 saturated heterocycles. The van der Waals surface area contributed by atoms with Crippen molar-refractivity contribution in [3.63, 3.8) is 0 Å². The van der Waals surface area contributed by atoms with E-state index >= 15 is 0 Å². The molecule has 1 nitrogen and oxygen atoms in total. The molecule has 149 valence electrons. The summed E-state index contributed by atoms with van der Waals surface area (Å²) in [4.78, 5) is 0. The third-order valence-electron chi connectivity index (χ3n) is 5.28. The van der Waals surface area contributed by atoms with Gasteiger partial charge in [0.2, 0.25) is 0 Å². The van der Waals surface area contributed by atoms with E-state index in [2.05, 4.69) is 113 Å². The van der Waals surface area contributed by atoms with Crippen molar-refractivity contribution in [1.82, 2.24) is 0 Å². The van der Waals surface area contributed by atoms with Crippen LogP contribution in [-0.4, -0.2) is 0 Å². The van der Waals surface area contributed by atoms with E-state index < -0.39 is 0 Å². The van der Waals surface area contributed by atoms with E-state index in [1.54, 1.807) is 0 Å². The van der Waals surface area contributed by atoms with Gasteiger partial charge in [0, 0.05) is 0 Å². The van der Waals surface area contributed by atoms with Crippen molar-refractivity contribution in [2.75, 3.05) is 0 Å². The van der Waals surface area contributed by atoms with Crippen LogP contribution in [0.5, 0.6) is 5.75 Å². The molecule has 0 unspecified atom stereocenters. The fourth-order valence-electron chi connectivity index (χ4n) is 3.72. The first-order valence-electron chi connectivity index (χ1n) is 10.3. The van der Waals surface area contributed by atoms with E-state index in [-0.39, 0.29) is 0 Å². The van der Waals surface area contributed by atoms with Gasteiger partial charge in [0.15, 0.2) is 0 Å². The van der Waals surface area contributed by atoms with Crippen molar-refractivity contribution in [1.29, 1.82) is 0 Å². The van der Waals surface area contributed by atoms with Gasteiger partial charge in [-0.2, -0.15) is 0 Å². The second-order valence-corrected chi connectivity index (χ2v) is 7.89. The van der Waals surface area contributed by atoms with Crippen LogP contribution in [0.2, 0.25) is 0 Å². The van der Waals surface area contributed by atoms with Gasteiger partial charge < -0.3 is 0 Å². The second-order valence-electron chi connectivity index (χ2n) is 7.43. The van der Waals surface area contributed by atoms with Crippen LogP contribution < -0.4 is 4.74 Å². The Labute approximate surface area is 187 Å². The topological polar surface area (TPSA) is 9.23 Å². The van der Waals surface area contributed by atoms with Crippen LogP contribution in [0, 0.1) is 0 Å². The minimum atomic E-state index is 0.574. The predicted molar refractivity (Wildman–Crippen MR) is 119 cm³/mol. The van der Waals surface area contributed by atoms with Crippen LogP contribution in [0.4, 0.5) is 0 Å². The Bertz CT molecular complexity index is 1060. The summed E-state index contributed by atoms with van der Waals surface area (Å²) in [7, 11) is 0. The van der Waals surface area contributed by atoms with E-state index in [0.717, 1.165) is 23.9 Å². The third-order valence-corrected chi connectivity index (χ3v) is 5.77. The molecule has 2 heteroatoms. The number of ether oxygens (including phenoxy) is 1. The van der Waals surface area contributed by atoms with Crippen LogP contribution in [0.3, 0.4) is 0 Å². The first-order valence-corrected chi connectivity index (χ1v) is 11.2. The summed E-state index contributed by atoms with van der Waals surface area (Å²) in [5.74, 6) is 1.02. The molecule has 0 atom stereocenters. The Morgan fingerprint density at radius 2 is 1.03 bits per heavy atom. The molecule has 0 saturated carbocycles. The molecule has 4 aromatic carbocycles. The maximum atomic E-state index is 6.48. The van der Waals surface area contributed by atoms with E-state index in [9.17, 15) is 0 Å². The SMILES string of the molecule is [Cr][CH2]c1ccc(Cc2ccccc2)c(Cc2ccccc2)c1OCc1ccccc1. The monoisotopic (exact) mass is 429 g/mol. The van der Waals surface area contributed by atoms with Crippen molar-refractivity contribution in [2.45, 2.75) is 24.7 Å². The van der Waals surface area contributed by atoms with Gasteiger partial charge in [-0.25, -0.2) is 0 Å². The number of hydrogen-bond donors (Lipinski definition) is 0. The summed E-state index contributed by atoms with van der Waals surface area (Å²) in [6.07, 6.45) is 1.76. The molecule has 0 fully saturated rings. The standard InChI is InChI=1S/C28H25O.Cr/c1-22-17-18-26(19-23-11-5-2-6-12-23)27(20-24-13-7-3-8-14-24)28(22)29-21-25-15-9-4-10-16-25;/h2-18H,1,19-21H2;. The van der Waals surface area contributed by atoms with Gasteiger partial charge in [0.25, 0.3) is 0 Å². The van der Waals surface area contributed by atoms with Crippen molar-refractivity contribution in [2.24, 2.45) is 0 Å². The molecule has 0 radical (unpaired) electrons. The van der Waals surface area contributed by atoms with Crippen molar-refractivity contribution < 1.29 is 21.0 Å². The molecule has 0 amide bonds. The molecule has 4 rings (SSSR count). The molecule has 0 bridgehead atoms. The summed E-state index contributed by atoms with van der Waals surface area (Å²) in [5.41, 5.74) is 7.63. The summed E-state index contributed by atoms with van der Waals surface area (Å²) in [6, 6.07) is 36.2. The first-order chi connectivity index (χ1) is 14.8. The van der Waals surface area contributed by atoms with Crippen molar-refractivity contribution in [3.8, 4) is 5.75 Å². The van der Waals surface area contributed by atoms with Gasteiger partial charge in [-0.05, 0) is 0 Å². The summed E-state index contributed by atoms with van der Waals surface area (Å²) < 4.78 is 6.48. The molecule has 0 aliphatic heterocycles. The summed E-state index contributed by atoms with van der Waals surface area (Å²) in [6.45, 7) is 0.574. The molecular weight excluding hydrogens is 404 g/mol. The molecule has 30 heavy (non-hydrogen) atoms. The fraction of sp³-hybridized carbons (Fsp3) is 0.143. The molecule has 0 aliphatic rings. The minimum absolute atomic E-state index is 0.574. The quantitative estimate of drug-likeness (QED) is 0.311. The molecule has 0 N–H and O–H groups in total. The zero-order valence-electron chi connectivity index (χ0n) is 17.0. The predicted octanol–water partition coefficient (Wildman–Crippen LogP) is 6.49. The Balaban J connectivity index is 1.73. The molecule has 0 spiro atoms. The van der Waals surface area contributed by atoms with Crippen molar-refractivity contribution >= 4 is 0 Å². The van der Waals surface area contributed by atoms with Crippen LogP contribution in [-0.2, 0) is 41.0 Å². The summed E-state index contributed by atoms with van der Waals surface area (Å²) in [5, 5.41) is 0.831. The molecular formula is C28H25CrO. The zero-order chi connectivity index (χ0) is 20.6. The first kappa shape index (κ1) is 20.5. The average Bonchev–Trinajstić information content (AvgIpc) is 2.81. The zero-order valence-corrected chi connectivity index (χ0v) is 18.2. The van der Waals surface area contributed by atoms with E-state index in [1.807, 2.05) is 6.07 Å². The average molecular weight is 430 g/mol. The van der Waals surface area contributed by atoms with Crippen LogP contribution >= 0.6 is 0 Å². The van der Waals surface area contributed by atoms with Crippen LogP contribution in [0.15, 0.2) is 103 Å².